The number of benzene rings is 2. The fraction of sp³-hybridized carbons (Fsp3) is 0.393. The van der Waals surface area contributed by atoms with E-state index in [1.54, 1.807) is 24.7 Å². The van der Waals surface area contributed by atoms with E-state index in [4.69, 9.17) is 16.3 Å². The first-order valence-electron chi connectivity index (χ1n) is 12.1. The Hall–Kier alpha value is -3.32. The largest absolute Gasteiger partial charge is 0.489 e. The number of nitrogens with zero attached hydrogens (tertiary/aromatic N) is 2. The minimum Gasteiger partial charge on any atom is -0.489 e. The Bertz CT molecular complexity index is 1370. The third-order valence-electron chi connectivity index (χ3n) is 6.74. The van der Waals surface area contributed by atoms with Gasteiger partial charge in [0, 0.05) is 36.9 Å². The van der Waals surface area contributed by atoms with E-state index in [1.807, 2.05) is 57.2 Å². The zero-order valence-corrected chi connectivity index (χ0v) is 22.1. The molecule has 1 aromatic heterocycles. The third-order valence-corrected chi connectivity index (χ3v) is 6.96. The van der Waals surface area contributed by atoms with Gasteiger partial charge in [-0.1, -0.05) is 43.6 Å². The number of Topliss-reactive ketones (excluding diaryl/α,β-unsaturated/α-hetero) is 1. The molecule has 4 rings (SSSR count). The van der Waals surface area contributed by atoms with E-state index in [-0.39, 0.29) is 41.9 Å². The number of carbonyl (C=O) groups excluding carboxylic acids is 2. The summed E-state index contributed by atoms with van der Waals surface area (Å²) < 4.78 is 9.12. The fourth-order valence-electron chi connectivity index (χ4n) is 4.71. The summed E-state index contributed by atoms with van der Waals surface area (Å²) in [7, 11) is 1.78. The molecule has 0 saturated heterocycles. The van der Waals surface area contributed by atoms with Crippen molar-refractivity contribution in [3.05, 3.63) is 74.7 Å². The molecular formula is C28H32ClN3O4. The number of nitrogens with one attached hydrogen (secondary N) is 1. The van der Waals surface area contributed by atoms with Gasteiger partial charge in [0.25, 0.3) is 5.56 Å². The molecular weight excluding hydrogens is 478 g/mol. The standard InChI is InChI=1S/C28H32ClN3O4/c1-17-13-19-14-20(29)15-22(26(19)36-17)23(33)11-12-28(3,4)16-24(34)30-25-18(2)31(5)32(27(25)35)21-9-7-6-8-10-21/h6-10,14-15,17H,11-13,16H2,1-5H3,(H,30,34). The van der Waals surface area contributed by atoms with Gasteiger partial charge < -0.3 is 10.1 Å². The van der Waals surface area contributed by atoms with Crippen LogP contribution < -0.4 is 15.6 Å². The molecule has 0 fully saturated rings. The first kappa shape index (κ1) is 25.8. The van der Waals surface area contributed by atoms with Crippen LogP contribution >= 0.6 is 11.6 Å². The Morgan fingerprint density at radius 2 is 1.89 bits per heavy atom. The van der Waals surface area contributed by atoms with E-state index in [2.05, 4.69) is 5.32 Å². The molecule has 0 bridgehead atoms. The lowest BCUT2D eigenvalue weighted by molar-refractivity contribution is -0.118. The molecule has 0 saturated carbocycles. The lowest BCUT2D eigenvalue weighted by Crippen LogP contribution is -2.26. The van der Waals surface area contributed by atoms with Crippen molar-refractivity contribution < 1.29 is 14.3 Å². The molecule has 1 amide bonds. The number of fused-ring (bicyclic) bond motifs is 1. The highest BCUT2D eigenvalue weighted by molar-refractivity contribution is 6.31. The number of halogens is 1. The van der Waals surface area contributed by atoms with Crippen LogP contribution in [0.3, 0.4) is 0 Å². The van der Waals surface area contributed by atoms with Crippen molar-refractivity contribution in [1.29, 1.82) is 0 Å². The Balaban J connectivity index is 1.43. The van der Waals surface area contributed by atoms with Crippen LogP contribution in [0.25, 0.3) is 5.69 Å². The van der Waals surface area contributed by atoms with Crippen molar-refractivity contribution in [2.45, 2.75) is 59.5 Å². The zero-order valence-electron chi connectivity index (χ0n) is 21.4. The monoisotopic (exact) mass is 509 g/mol. The number of hydrogen-bond acceptors (Lipinski definition) is 4. The van der Waals surface area contributed by atoms with Crippen molar-refractivity contribution in [2.24, 2.45) is 12.5 Å². The summed E-state index contributed by atoms with van der Waals surface area (Å²) in [6, 6.07) is 12.8. The molecule has 1 N–H and O–H groups in total. The number of para-hydroxylation sites is 1. The first-order valence-corrected chi connectivity index (χ1v) is 12.5. The van der Waals surface area contributed by atoms with Gasteiger partial charge in [0.2, 0.25) is 5.91 Å². The number of ether oxygens (including phenoxy) is 1. The summed E-state index contributed by atoms with van der Waals surface area (Å²) in [5.41, 5.74) is 2.36. The first-order chi connectivity index (χ1) is 17.0. The molecule has 1 aliphatic rings. The highest BCUT2D eigenvalue weighted by Crippen LogP contribution is 2.37. The van der Waals surface area contributed by atoms with Gasteiger partial charge in [0.05, 0.1) is 16.9 Å². The average molecular weight is 510 g/mol. The number of ketones is 1. The van der Waals surface area contributed by atoms with Crippen LogP contribution in [0, 0.1) is 12.3 Å². The molecule has 190 valence electrons. The molecule has 8 heteroatoms. The van der Waals surface area contributed by atoms with Crippen molar-refractivity contribution in [1.82, 2.24) is 9.36 Å². The predicted octanol–water partition coefficient (Wildman–Crippen LogP) is 5.48. The molecule has 1 atom stereocenters. The van der Waals surface area contributed by atoms with Gasteiger partial charge in [-0.05, 0) is 49.9 Å². The van der Waals surface area contributed by atoms with Gasteiger partial charge in [0.1, 0.15) is 17.5 Å². The second-order valence-corrected chi connectivity index (χ2v) is 10.8. The lowest BCUT2D eigenvalue weighted by Gasteiger charge is -2.23. The van der Waals surface area contributed by atoms with Crippen LogP contribution in [0.1, 0.15) is 61.6 Å². The summed E-state index contributed by atoms with van der Waals surface area (Å²) in [4.78, 5) is 39.1. The summed E-state index contributed by atoms with van der Waals surface area (Å²) >= 11 is 6.24. The summed E-state index contributed by atoms with van der Waals surface area (Å²) in [6.07, 6.45) is 1.67. The predicted molar refractivity (Wildman–Crippen MR) is 142 cm³/mol. The van der Waals surface area contributed by atoms with Gasteiger partial charge in [-0.25, -0.2) is 4.68 Å². The van der Waals surface area contributed by atoms with E-state index in [0.717, 1.165) is 17.7 Å². The Morgan fingerprint density at radius 1 is 1.19 bits per heavy atom. The second-order valence-electron chi connectivity index (χ2n) is 10.3. The maximum Gasteiger partial charge on any atom is 0.295 e. The van der Waals surface area contributed by atoms with Crippen molar-refractivity contribution in [3.8, 4) is 11.4 Å². The Kier molecular flexibility index (Phi) is 7.14. The molecule has 1 aliphatic heterocycles. The van der Waals surface area contributed by atoms with Crippen LogP contribution in [-0.4, -0.2) is 27.2 Å². The van der Waals surface area contributed by atoms with E-state index in [9.17, 15) is 14.4 Å². The number of aromatic nitrogens is 2. The molecule has 0 aliphatic carbocycles. The van der Waals surface area contributed by atoms with E-state index < -0.39 is 5.41 Å². The maximum absolute atomic E-state index is 13.1. The highest BCUT2D eigenvalue weighted by Gasteiger charge is 2.29. The Morgan fingerprint density at radius 3 is 2.58 bits per heavy atom. The van der Waals surface area contributed by atoms with E-state index in [1.165, 1.54) is 4.68 Å². The molecule has 7 nitrogen and oxygen atoms in total. The molecule has 2 heterocycles. The lowest BCUT2D eigenvalue weighted by atomic mass is 9.82. The number of anilines is 1. The van der Waals surface area contributed by atoms with Gasteiger partial charge >= 0.3 is 0 Å². The topological polar surface area (TPSA) is 82.3 Å². The molecule has 2 aromatic carbocycles. The van der Waals surface area contributed by atoms with Crippen LogP contribution in [-0.2, 0) is 18.3 Å². The van der Waals surface area contributed by atoms with Crippen molar-refractivity contribution in [3.63, 3.8) is 0 Å². The molecule has 0 spiro atoms. The third kappa shape index (κ3) is 5.26. The van der Waals surface area contributed by atoms with Crippen molar-refractivity contribution >= 4 is 29.0 Å². The fourth-order valence-corrected chi connectivity index (χ4v) is 4.95. The number of amides is 1. The van der Waals surface area contributed by atoms with E-state index >= 15 is 0 Å². The molecule has 1 unspecified atom stereocenters. The minimum atomic E-state index is -0.462. The van der Waals surface area contributed by atoms with Gasteiger partial charge in [-0.3, -0.25) is 19.1 Å². The van der Waals surface area contributed by atoms with Crippen molar-refractivity contribution in [2.75, 3.05) is 5.32 Å². The van der Waals surface area contributed by atoms with Crippen LogP contribution in [0.5, 0.6) is 5.75 Å². The minimum absolute atomic E-state index is 0.0121. The smallest absolute Gasteiger partial charge is 0.295 e. The molecule has 3 aromatic rings. The molecule has 36 heavy (non-hydrogen) atoms. The molecule has 0 radical (unpaired) electrons. The van der Waals surface area contributed by atoms with Crippen LogP contribution in [0.2, 0.25) is 5.02 Å². The summed E-state index contributed by atoms with van der Waals surface area (Å²) in [5.74, 6) is 0.307. The van der Waals surface area contributed by atoms with Crippen LogP contribution in [0.15, 0.2) is 47.3 Å². The van der Waals surface area contributed by atoms with E-state index in [0.29, 0.717) is 28.5 Å². The average Bonchev–Trinajstić information content (AvgIpc) is 3.28. The maximum atomic E-state index is 13.1. The highest BCUT2D eigenvalue weighted by atomic mass is 35.5. The van der Waals surface area contributed by atoms with Gasteiger partial charge in [-0.15, -0.1) is 0 Å². The van der Waals surface area contributed by atoms with Crippen LogP contribution in [0.4, 0.5) is 5.69 Å². The number of rotatable bonds is 8. The quantitative estimate of drug-likeness (QED) is 0.408. The second kappa shape index (κ2) is 9.97. The zero-order chi connectivity index (χ0) is 26.2. The summed E-state index contributed by atoms with van der Waals surface area (Å²) in [5, 5.41) is 3.34. The Labute approximate surface area is 216 Å². The van der Waals surface area contributed by atoms with Gasteiger partial charge in [0.15, 0.2) is 5.78 Å². The SMILES string of the molecule is Cc1c(NC(=O)CC(C)(C)CCC(=O)c2cc(Cl)cc3c2OC(C)C3)c(=O)n(-c2ccccc2)n1C. The normalized spacial score (nSPS) is 14.9. The van der Waals surface area contributed by atoms with Gasteiger partial charge in [-0.2, -0.15) is 0 Å². The number of carbonyl (C=O) groups is 2. The number of hydrogen-bond donors (Lipinski definition) is 1. The summed E-state index contributed by atoms with van der Waals surface area (Å²) in [6.45, 7) is 7.65.